The van der Waals surface area contributed by atoms with Crippen LogP contribution in [0, 0.1) is 23.7 Å². The van der Waals surface area contributed by atoms with Crippen molar-refractivity contribution in [3.8, 4) is 0 Å². The molecule has 2 saturated heterocycles. The first kappa shape index (κ1) is 18.8. The average Bonchev–Trinajstić information content (AvgIpc) is 3.39. The molecule has 0 spiro atoms. The Morgan fingerprint density at radius 2 is 1.59 bits per heavy atom. The number of rotatable bonds is 2. The number of allylic oxidation sites excluding steroid dienone is 10. The van der Waals surface area contributed by atoms with Gasteiger partial charge in [0.15, 0.2) is 0 Å². The number of nitrogens with zero attached hydrogens (tertiary/aromatic N) is 1. The Morgan fingerprint density at radius 1 is 0.781 bits per heavy atom. The van der Waals surface area contributed by atoms with E-state index in [0.29, 0.717) is 41.0 Å². The fourth-order valence-corrected chi connectivity index (χ4v) is 7.82. The molecule has 0 radical (unpaired) electrons. The molecule has 0 aromatic heterocycles. The van der Waals surface area contributed by atoms with Crippen molar-refractivity contribution in [3.63, 3.8) is 0 Å². The van der Waals surface area contributed by atoms with E-state index < -0.39 is 0 Å². The second-order valence-electron chi connectivity index (χ2n) is 9.58. The summed E-state index contributed by atoms with van der Waals surface area (Å²) in [5.74, 6) is 2.10. The minimum Gasteiger partial charge on any atom is -0.357 e. The highest BCUT2D eigenvalue weighted by Crippen LogP contribution is 2.52. The molecule has 0 bridgehead atoms. The van der Waals surface area contributed by atoms with Gasteiger partial charge in [-0.2, -0.15) is 0 Å². The summed E-state index contributed by atoms with van der Waals surface area (Å²) in [7, 11) is 0. The molecule has 1 nitrogen and oxygen atoms in total. The van der Waals surface area contributed by atoms with Crippen LogP contribution >= 0.6 is 11.8 Å². The third-order valence-corrected chi connectivity index (χ3v) is 9.29. The predicted molar refractivity (Wildman–Crippen MR) is 136 cm³/mol. The Labute approximate surface area is 195 Å². The molecule has 2 heteroatoms. The van der Waals surface area contributed by atoms with Crippen molar-refractivity contribution in [2.75, 3.05) is 4.90 Å². The van der Waals surface area contributed by atoms with Gasteiger partial charge in [-0.1, -0.05) is 97.2 Å². The van der Waals surface area contributed by atoms with E-state index in [1.807, 2.05) is 11.8 Å². The van der Waals surface area contributed by atoms with Gasteiger partial charge < -0.3 is 4.90 Å². The third-order valence-electron chi connectivity index (χ3n) is 7.91. The fraction of sp³-hybridized carbons (Fsp3) is 0.267. The molecule has 0 N–H and O–H groups in total. The second-order valence-corrected chi connectivity index (χ2v) is 10.8. The lowest BCUT2D eigenvalue weighted by Gasteiger charge is -2.33. The number of anilines is 1. The Balaban J connectivity index is 1.22. The highest BCUT2D eigenvalue weighted by molar-refractivity contribution is 8.04. The van der Waals surface area contributed by atoms with E-state index in [4.69, 9.17) is 0 Å². The molecule has 2 heterocycles. The number of thioether (sulfide) groups is 1. The maximum Gasteiger partial charge on any atom is 0.0552 e. The van der Waals surface area contributed by atoms with E-state index in [1.54, 1.807) is 5.57 Å². The number of hydrogen-bond acceptors (Lipinski definition) is 2. The quantitative estimate of drug-likeness (QED) is 0.505. The van der Waals surface area contributed by atoms with Crippen molar-refractivity contribution in [2.45, 2.75) is 23.8 Å². The van der Waals surface area contributed by atoms with Crippen LogP contribution < -0.4 is 4.90 Å². The molecule has 0 saturated carbocycles. The molecule has 0 amide bonds. The summed E-state index contributed by atoms with van der Waals surface area (Å²) in [4.78, 5) is 4.15. The molecular weight excluding hydrogens is 406 g/mol. The average molecular weight is 434 g/mol. The van der Waals surface area contributed by atoms with Crippen LogP contribution in [-0.2, 0) is 0 Å². The predicted octanol–water partition coefficient (Wildman–Crippen LogP) is 6.79. The lowest BCUT2D eigenvalue weighted by atomic mass is 9.77. The first-order chi connectivity index (χ1) is 15.9. The van der Waals surface area contributed by atoms with Crippen molar-refractivity contribution in [1.29, 1.82) is 0 Å². The Bertz CT molecular complexity index is 1170. The van der Waals surface area contributed by atoms with E-state index in [1.165, 1.54) is 16.2 Å². The first-order valence-corrected chi connectivity index (χ1v) is 12.8. The van der Waals surface area contributed by atoms with Crippen LogP contribution in [0.2, 0.25) is 0 Å². The zero-order valence-corrected chi connectivity index (χ0v) is 18.8. The molecule has 2 fully saturated rings. The summed E-state index contributed by atoms with van der Waals surface area (Å²) in [6.45, 7) is 0. The largest absolute Gasteiger partial charge is 0.357 e. The fourth-order valence-electron chi connectivity index (χ4n) is 6.44. The van der Waals surface area contributed by atoms with Crippen molar-refractivity contribution in [1.82, 2.24) is 0 Å². The minimum atomic E-state index is 0.420. The molecule has 1 aromatic rings. The Kier molecular flexibility index (Phi) is 4.36. The van der Waals surface area contributed by atoms with Gasteiger partial charge in [0, 0.05) is 39.5 Å². The SMILES string of the molecule is C1=CC2SC3=CCC(C4=CC5C6C=CC=CC6N(c6ccccc6)C5C=C4)C=C3C2C=C1. The van der Waals surface area contributed by atoms with E-state index >= 15 is 0 Å². The highest BCUT2D eigenvalue weighted by atomic mass is 32.2. The lowest BCUT2D eigenvalue weighted by Crippen LogP contribution is -2.36. The molecular formula is C30H27NS. The van der Waals surface area contributed by atoms with Gasteiger partial charge in [0.25, 0.3) is 0 Å². The monoisotopic (exact) mass is 433 g/mol. The zero-order chi connectivity index (χ0) is 21.1. The van der Waals surface area contributed by atoms with Crippen molar-refractivity contribution < 1.29 is 0 Å². The molecule has 2 aliphatic heterocycles. The van der Waals surface area contributed by atoms with Crippen LogP contribution in [0.25, 0.3) is 0 Å². The maximum absolute atomic E-state index is 2.63. The molecule has 7 rings (SSSR count). The Morgan fingerprint density at radius 3 is 2.53 bits per heavy atom. The van der Waals surface area contributed by atoms with Crippen LogP contribution in [0.1, 0.15) is 6.42 Å². The van der Waals surface area contributed by atoms with Crippen LogP contribution in [0.5, 0.6) is 0 Å². The van der Waals surface area contributed by atoms with Crippen LogP contribution in [0.4, 0.5) is 5.69 Å². The number of fused-ring (bicyclic) bond motifs is 6. The van der Waals surface area contributed by atoms with E-state index in [0.717, 1.165) is 6.42 Å². The summed E-state index contributed by atoms with van der Waals surface area (Å²) >= 11 is 2.05. The van der Waals surface area contributed by atoms with E-state index in [9.17, 15) is 0 Å². The first-order valence-electron chi connectivity index (χ1n) is 11.9. The van der Waals surface area contributed by atoms with Gasteiger partial charge in [-0.3, -0.25) is 0 Å². The van der Waals surface area contributed by atoms with Gasteiger partial charge in [0.1, 0.15) is 0 Å². The molecule has 1 aromatic carbocycles. The van der Waals surface area contributed by atoms with Crippen molar-refractivity contribution >= 4 is 17.4 Å². The minimum absolute atomic E-state index is 0.420. The van der Waals surface area contributed by atoms with Crippen LogP contribution in [0.15, 0.2) is 125 Å². The second kappa shape index (κ2) is 7.42. The molecule has 7 atom stereocenters. The molecule has 32 heavy (non-hydrogen) atoms. The normalized spacial score (nSPS) is 37.9. The van der Waals surface area contributed by atoms with Gasteiger partial charge in [0.2, 0.25) is 0 Å². The van der Waals surface area contributed by atoms with E-state index in [-0.39, 0.29) is 0 Å². The molecule has 6 aliphatic rings. The number of para-hydroxylation sites is 1. The number of benzene rings is 1. The smallest absolute Gasteiger partial charge is 0.0552 e. The summed E-state index contributed by atoms with van der Waals surface area (Å²) < 4.78 is 0. The van der Waals surface area contributed by atoms with Gasteiger partial charge in [-0.25, -0.2) is 0 Å². The topological polar surface area (TPSA) is 3.24 Å². The van der Waals surface area contributed by atoms with Crippen LogP contribution in [0.3, 0.4) is 0 Å². The summed E-state index contributed by atoms with van der Waals surface area (Å²) in [5, 5.41) is 0.589. The zero-order valence-electron chi connectivity index (χ0n) is 18.0. The van der Waals surface area contributed by atoms with Gasteiger partial charge in [-0.05, 0) is 29.7 Å². The van der Waals surface area contributed by atoms with Crippen LogP contribution in [-0.4, -0.2) is 17.3 Å². The molecule has 7 unspecified atom stereocenters. The highest BCUT2D eigenvalue weighted by Gasteiger charge is 2.46. The summed E-state index contributed by atoms with van der Waals surface area (Å²) in [6.07, 6.45) is 32.2. The van der Waals surface area contributed by atoms with Gasteiger partial charge in [-0.15, -0.1) is 11.8 Å². The Hall–Kier alpha value is -2.71. The van der Waals surface area contributed by atoms with Gasteiger partial charge >= 0.3 is 0 Å². The third kappa shape index (κ3) is 2.85. The standard InChI is InChI=1S/C30H27NS/c1-2-8-22(9-3-1)31-27-12-6-4-10-23(27)25-18-20(14-16-28(25)31)21-15-17-30-26(19-21)24-11-5-7-13-29(24)32-30/h1-14,16-19,21,23-25,27-29H,15H2. The van der Waals surface area contributed by atoms with Crippen molar-refractivity contribution in [3.05, 3.63) is 125 Å². The molecule has 158 valence electrons. The van der Waals surface area contributed by atoms with Gasteiger partial charge in [0.05, 0.1) is 12.1 Å². The van der Waals surface area contributed by atoms with E-state index in [2.05, 4.69) is 114 Å². The number of hydrogen-bond donors (Lipinski definition) is 0. The van der Waals surface area contributed by atoms with Crippen molar-refractivity contribution in [2.24, 2.45) is 23.7 Å². The molecule has 4 aliphatic carbocycles. The maximum atomic E-state index is 2.63. The summed E-state index contributed by atoms with van der Waals surface area (Å²) in [5.41, 5.74) is 4.40. The summed E-state index contributed by atoms with van der Waals surface area (Å²) in [6, 6.07) is 11.8. The lowest BCUT2D eigenvalue weighted by molar-refractivity contribution is 0.518.